The highest BCUT2D eigenvalue weighted by atomic mass is 16.5. The summed E-state index contributed by atoms with van der Waals surface area (Å²) in [6.07, 6.45) is 1.66. The summed E-state index contributed by atoms with van der Waals surface area (Å²) in [5.41, 5.74) is 0.725. The Morgan fingerprint density at radius 1 is 1.73 bits per heavy atom. The van der Waals surface area contributed by atoms with Gasteiger partial charge in [0.25, 0.3) is 0 Å². The lowest BCUT2D eigenvalue weighted by molar-refractivity contribution is -0.131. The molecule has 1 aromatic heterocycles. The van der Waals surface area contributed by atoms with Gasteiger partial charge in [-0.15, -0.1) is 0 Å². The fourth-order valence-corrected chi connectivity index (χ4v) is 0.732. The van der Waals surface area contributed by atoms with Gasteiger partial charge in [0.1, 0.15) is 5.75 Å². The summed E-state index contributed by atoms with van der Waals surface area (Å²) < 4.78 is 4.84. The molecule has 0 atom stereocenters. The van der Waals surface area contributed by atoms with E-state index >= 15 is 0 Å². The number of rotatable bonds is 1. The maximum atomic E-state index is 10.5. The minimum Gasteiger partial charge on any atom is -0.426 e. The van der Waals surface area contributed by atoms with Gasteiger partial charge in [-0.2, -0.15) is 0 Å². The van der Waals surface area contributed by atoms with E-state index in [9.17, 15) is 4.79 Å². The van der Waals surface area contributed by atoms with Gasteiger partial charge >= 0.3 is 5.97 Å². The predicted octanol–water partition coefficient (Wildman–Crippen LogP) is -0.735. The fraction of sp³-hybridized carbons (Fsp3) is 0.143. The smallest absolute Gasteiger partial charge is 0.308 e. The predicted molar refractivity (Wildman–Crippen MR) is 43.7 cm³/mol. The Morgan fingerprint density at radius 3 is 3.00 bits per heavy atom. The third-order valence-electron chi connectivity index (χ3n) is 1.21. The van der Waals surface area contributed by atoms with Crippen LogP contribution < -0.4 is 10.3 Å². The third kappa shape index (κ3) is 2.07. The van der Waals surface area contributed by atoms with Crippen LogP contribution in [0, 0.1) is 0 Å². The van der Waals surface area contributed by atoms with Gasteiger partial charge in [0.05, 0.1) is 0 Å². The molecule has 11 heavy (non-hydrogen) atoms. The highest BCUT2D eigenvalue weighted by Crippen LogP contribution is 2.02. The molecule has 0 aliphatic rings. The van der Waals surface area contributed by atoms with E-state index in [-0.39, 0.29) is 5.97 Å². The molecule has 0 saturated carbocycles. The molecule has 0 N–H and O–H groups in total. The third-order valence-corrected chi connectivity index (χ3v) is 1.21. The van der Waals surface area contributed by atoms with Gasteiger partial charge in [-0.1, -0.05) is 0 Å². The molecule has 0 bridgehead atoms. The monoisotopic (exact) mass is 149 g/mol. The summed E-state index contributed by atoms with van der Waals surface area (Å²) in [7, 11) is 1.79. The molecule has 3 nitrogen and oxygen atoms in total. The van der Waals surface area contributed by atoms with Crippen LogP contribution in [0.4, 0.5) is 0 Å². The summed E-state index contributed by atoms with van der Waals surface area (Å²) in [4.78, 5) is 14.5. The molecule has 0 spiro atoms. The molecule has 1 aromatic rings. The molecule has 0 saturated heterocycles. The zero-order chi connectivity index (χ0) is 8.27. The number of hydrogen-bond acceptors (Lipinski definition) is 3. The lowest BCUT2D eigenvalue weighted by atomic mass is 10.0. The lowest BCUT2D eigenvalue weighted by Crippen LogP contribution is -2.14. The van der Waals surface area contributed by atoms with Crippen LogP contribution in [0.3, 0.4) is 0 Å². The number of esters is 1. The van der Waals surface area contributed by atoms with E-state index in [4.69, 9.17) is 4.74 Å². The summed E-state index contributed by atoms with van der Waals surface area (Å²) in [6, 6.07) is 3.44. The number of ether oxygens (including phenoxy) is 1. The largest absolute Gasteiger partial charge is 0.426 e. The highest BCUT2D eigenvalue weighted by Gasteiger charge is 2.00. The van der Waals surface area contributed by atoms with E-state index in [2.05, 4.69) is 4.98 Å². The summed E-state index contributed by atoms with van der Waals surface area (Å²) in [5, 5.41) is 0. The molecule has 0 aliphatic heterocycles. The molecule has 4 heteroatoms. The van der Waals surface area contributed by atoms with Gasteiger partial charge in [0.15, 0.2) is 7.85 Å². The maximum Gasteiger partial charge on any atom is 0.308 e. The number of carbonyl (C=O) groups excluding carboxylic acids is 1. The van der Waals surface area contributed by atoms with E-state index in [0.717, 1.165) is 5.59 Å². The van der Waals surface area contributed by atoms with Crippen molar-refractivity contribution in [2.45, 2.75) is 6.92 Å². The first-order valence-electron chi connectivity index (χ1n) is 3.30. The van der Waals surface area contributed by atoms with Crippen LogP contribution in [0.2, 0.25) is 0 Å². The number of carbonyl (C=O) groups is 1. The topological polar surface area (TPSA) is 39.2 Å². The molecule has 1 heterocycles. The quantitative estimate of drug-likeness (QED) is 0.390. The lowest BCUT2D eigenvalue weighted by Gasteiger charge is -2.02. The molecule has 1 rings (SSSR count). The van der Waals surface area contributed by atoms with Gasteiger partial charge in [-0.25, -0.2) is 0 Å². The Kier molecular flexibility index (Phi) is 2.26. The van der Waals surface area contributed by atoms with E-state index in [0.29, 0.717) is 5.75 Å². The molecular formula is C7H8BNO2. The van der Waals surface area contributed by atoms with E-state index in [1.165, 1.54) is 6.92 Å². The number of nitrogens with zero attached hydrogens (tertiary/aromatic N) is 1. The van der Waals surface area contributed by atoms with Crippen LogP contribution in [0.25, 0.3) is 0 Å². The van der Waals surface area contributed by atoms with Gasteiger partial charge in [0, 0.05) is 18.7 Å². The number of hydrogen-bond donors (Lipinski definition) is 0. The Labute approximate surface area is 65.8 Å². The van der Waals surface area contributed by atoms with Crippen molar-refractivity contribution >= 4 is 19.4 Å². The fourth-order valence-electron chi connectivity index (χ4n) is 0.732. The van der Waals surface area contributed by atoms with Crippen molar-refractivity contribution in [1.82, 2.24) is 4.98 Å². The van der Waals surface area contributed by atoms with E-state index in [1.807, 2.05) is 0 Å². The maximum absolute atomic E-state index is 10.5. The van der Waals surface area contributed by atoms with Crippen molar-refractivity contribution in [1.29, 1.82) is 0 Å². The Bertz CT molecular complexity index is 275. The van der Waals surface area contributed by atoms with Crippen molar-refractivity contribution < 1.29 is 9.53 Å². The first-order valence-corrected chi connectivity index (χ1v) is 3.30. The first-order chi connectivity index (χ1) is 5.20. The summed E-state index contributed by atoms with van der Waals surface area (Å²) >= 11 is 0. The van der Waals surface area contributed by atoms with E-state index < -0.39 is 0 Å². The number of pyridine rings is 1. The molecule has 56 valence electrons. The summed E-state index contributed by atoms with van der Waals surface area (Å²) in [5.74, 6) is 0.209. The van der Waals surface area contributed by atoms with Crippen LogP contribution in [0.5, 0.6) is 5.75 Å². The van der Waals surface area contributed by atoms with Crippen LogP contribution in [0.1, 0.15) is 6.92 Å². The van der Waals surface area contributed by atoms with Crippen molar-refractivity contribution in [3.8, 4) is 5.75 Å². The van der Waals surface area contributed by atoms with E-state index in [1.54, 1.807) is 26.2 Å². The van der Waals surface area contributed by atoms with Gasteiger partial charge in [-0.3, -0.25) is 9.78 Å². The number of aromatic nitrogens is 1. The second-order valence-electron chi connectivity index (χ2n) is 2.18. The van der Waals surface area contributed by atoms with Gasteiger partial charge < -0.3 is 4.74 Å². The van der Waals surface area contributed by atoms with Crippen LogP contribution in [0.15, 0.2) is 18.3 Å². The van der Waals surface area contributed by atoms with Crippen LogP contribution in [-0.4, -0.2) is 18.8 Å². The Morgan fingerprint density at radius 2 is 2.45 bits per heavy atom. The van der Waals surface area contributed by atoms with Crippen molar-refractivity contribution in [2.24, 2.45) is 0 Å². The second kappa shape index (κ2) is 3.19. The molecular weight excluding hydrogens is 141 g/mol. The van der Waals surface area contributed by atoms with Gasteiger partial charge in [0.2, 0.25) is 0 Å². The van der Waals surface area contributed by atoms with Crippen molar-refractivity contribution in [3.63, 3.8) is 0 Å². The van der Waals surface area contributed by atoms with Gasteiger partial charge in [-0.05, 0) is 12.1 Å². The first kappa shape index (κ1) is 7.79. The Balaban J connectivity index is 2.86. The minimum absolute atomic E-state index is 0.318. The zero-order valence-electron chi connectivity index (χ0n) is 6.50. The summed E-state index contributed by atoms with van der Waals surface area (Å²) in [6.45, 7) is 1.37. The molecule has 0 aliphatic carbocycles. The van der Waals surface area contributed by atoms with Crippen molar-refractivity contribution in [2.75, 3.05) is 0 Å². The average molecular weight is 149 g/mol. The molecule has 0 radical (unpaired) electrons. The van der Waals surface area contributed by atoms with Crippen LogP contribution >= 0.6 is 0 Å². The molecule has 0 unspecified atom stereocenters. The normalized spacial score (nSPS) is 9.18. The average Bonchev–Trinajstić information content (AvgIpc) is 1.93. The SMILES string of the molecule is Bc1ncccc1OC(C)=O. The highest BCUT2D eigenvalue weighted by molar-refractivity contribution is 6.32. The van der Waals surface area contributed by atoms with Crippen LogP contribution in [-0.2, 0) is 4.79 Å². The second-order valence-corrected chi connectivity index (χ2v) is 2.18. The molecule has 0 amide bonds. The molecule has 0 fully saturated rings. The zero-order valence-corrected chi connectivity index (χ0v) is 6.50. The van der Waals surface area contributed by atoms with Crippen molar-refractivity contribution in [3.05, 3.63) is 18.3 Å². The molecule has 0 aromatic carbocycles. The standard InChI is InChI=1S/C7H8BNO2/c1-5(10)11-6-3-2-4-9-7(6)8/h2-4H,8H2,1H3. The Hall–Kier alpha value is -1.32. The minimum atomic E-state index is -0.318.